The molecule has 0 aliphatic heterocycles. The van der Waals surface area contributed by atoms with Crippen LogP contribution in [0.1, 0.15) is 23.9 Å². The predicted molar refractivity (Wildman–Crippen MR) is 76.7 cm³/mol. The smallest absolute Gasteiger partial charge is 0.250 e. The molecular weight excluding hydrogens is 236 g/mol. The maximum absolute atomic E-state index is 4.63. The van der Waals surface area contributed by atoms with Gasteiger partial charge < -0.3 is 0 Å². The van der Waals surface area contributed by atoms with Gasteiger partial charge in [-0.3, -0.25) is 4.57 Å². The minimum absolute atomic E-state index is 0.654. The Bertz CT molecular complexity index is 679. The van der Waals surface area contributed by atoms with E-state index < -0.39 is 0 Å². The SMILES string of the molecule is C=C1C(=Nc2nnc(CC)n2C)Cc2ccccc21. The number of fused-ring (bicyclic) bond motifs is 1. The van der Waals surface area contributed by atoms with E-state index in [1.54, 1.807) is 0 Å². The Kier molecular flexibility index (Phi) is 2.78. The number of aliphatic imine (C=N–C) groups is 1. The topological polar surface area (TPSA) is 43.1 Å². The molecule has 0 saturated heterocycles. The zero-order valence-electron chi connectivity index (χ0n) is 11.2. The van der Waals surface area contributed by atoms with E-state index in [4.69, 9.17) is 0 Å². The Balaban J connectivity index is 1.99. The molecule has 3 rings (SSSR count). The van der Waals surface area contributed by atoms with E-state index >= 15 is 0 Å². The Morgan fingerprint density at radius 1 is 1.32 bits per heavy atom. The molecule has 1 aliphatic rings. The lowest BCUT2D eigenvalue weighted by molar-refractivity contribution is 0.808. The van der Waals surface area contributed by atoms with E-state index in [2.05, 4.69) is 40.8 Å². The molecule has 4 heteroatoms. The van der Waals surface area contributed by atoms with Crippen LogP contribution < -0.4 is 0 Å². The number of hydrogen-bond acceptors (Lipinski definition) is 3. The second kappa shape index (κ2) is 4.46. The first-order valence-corrected chi connectivity index (χ1v) is 6.44. The van der Waals surface area contributed by atoms with E-state index in [0.29, 0.717) is 5.95 Å². The lowest BCUT2D eigenvalue weighted by Gasteiger charge is -2.00. The van der Waals surface area contributed by atoms with Gasteiger partial charge in [0, 0.05) is 19.9 Å². The molecule has 0 atom stereocenters. The Morgan fingerprint density at radius 3 is 2.79 bits per heavy atom. The third kappa shape index (κ3) is 1.89. The summed E-state index contributed by atoms with van der Waals surface area (Å²) in [5.74, 6) is 1.60. The van der Waals surface area contributed by atoms with Gasteiger partial charge in [0.05, 0.1) is 5.71 Å². The van der Waals surface area contributed by atoms with Crippen LogP contribution in [0.3, 0.4) is 0 Å². The van der Waals surface area contributed by atoms with Crippen LogP contribution in [0.4, 0.5) is 5.95 Å². The van der Waals surface area contributed by atoms with Crippen molar-refractivity contribution in [1.82, 2.24) is 14.8 Å². The van der Waals surface area contributed by atoms with E-state index in [-0.39, 0.29) is 0 Å². The lowest BCUT2D eigenvalue weighted by atomic mass is 10.1. The third-order valence-electron chi connectivity index (χ3n) is 3.54. The molecule has 1 aliphatic carbocycles. The van der Waals surface area contributed by atoms with E-state index in [0.717, 1.165) is 30.0 Å². The molecule has 0 saturated carbocycles. The van der Waals surface area contributed by atoms with E-state index in [1.807, 2.05) is 23.7 Å². The number of nitrogens with zero attached hydrogens (tertiary/aromatic N) is 4. The van der Waals surface area contributed by atoms with Crippen LogP contribution in [-0.4, -0.2) is 20.5 Å². The monoisotopic (exact) mass is 252 g/mol. The second-order valence-corrected chi connectivity index (χ2v) is 4.70. The highest BCUT2D eigenvalue weighted by atomic mass is 15.3. The van der Waals surface area contributed by atoms with Crippen molar-refractivity contribution in [2.45, 2.75) is 19.8 Å². The minimum Gasteiger partial charge on any atom is -0.299 e. The molecule has 1 aromatic heterocycles. The zero-order chi connectivity index (χ0) is 13.4. The fourth-order valence-electron chi connectivity index (χ4n) is 2.40. The van der Waals surface area contributed by atoms with Gasteiger partial charge in [-0.05, 0) is 16.7 Å². The van der Waals surface area contributed by atoms with Gasteiger partial charge in [0.2, 0.25) is 0 Å². The van der Waals surface area contributed by atoms with E-state index in [1.165, 1.54) is 11.1 Å². The van der Waals surface area contributed by atoms with Crippen molar-refractivity contribution in [3.8, 4) is 0 Å². The maximum atomic E-state index is 4.63. The first-order valence-electron chi connectivity index (χ1n) is 6.44. The van der Waals surface area contributed by atoms with Crippen molar-refractivity contribution >= 4 is 17.2 Å². The third-order valence-corrected chi connectivity index (χ3v) is 3.54. The number of rotatable bonds is 2. The van der Waals surface area contributed by atoms with Gasteiger partial charge in [0.1, 0.15) is 5.82 Å². The Morgan fingerprint density at radius 2 is 2.11 bits per heavy atom. The van der Waals surface area contributed by atoms with Gasteiger partial charge >= 0.3 is 0 Å². The van der Waals surface area contributed by atoms with Crippen molar-refractivity contribution in [2.24, 2.45) is 12.0 Å². The van der Waals surface area contributed by atoms with Crippen LogP contribution in [0.15, 0.2) is 35.8 Å². The molecule has 19 heavy (non-hydrogen) atoms. The Labute approximate surface area is 112 Å². The fraction of sp³-hybridized carbons (Fsp3) is 0.267. The maximum Gasteiger partial charge on any atom is 0.250 e. The van der Waals surface area contributed by atoms with Gasteiger partial charge in [0.15, 0.2) is 0 Å². The summed E-state index contributed by atoms with van der Waals surface area (Å²) in [6.45, 7) is 6.20. The summed E-state index contributed by atoms with van der Waals surface area (Å²) in [5.41, 5.74) is 4.46. The van der Waals surface area contributed by atoms with Gasteiger partial charge in [0.25, 0.3) is 5.95 Å². The van der Waals surface area contributed by atoms with Gasteiger partial charge in [-0.25, -0.2) is 4.99 Å². The van der Waals surface area contributed by atoms with Crippen molar-refractivity contribution in [1.29, 1.82) is 0 Å². The van der Waals surface area contributed by atoms with E-state index in [9.17, 15) is 0 Å². The highest BCUT2D eigenvalue weighted by Crippen LogP contribution is 2.30. The lowest BCUT2D eigenvalue weighted by Crippen LogP contribution is -1.98. The average molecular weight is 252 g/mol. The minimum atomic E-state index is 0.654. The number of allylic oxidation sites excluding steroid dienone is 1. The number of aromatic nitrogens is 3. The summed E-state index contributed by atoms with van der Waals surface area (Å²) >= 11 is 0. The summed E-state index contributed by atoms with van der Waals surface area (Å²) in [7, 11) is 1.95. The highest BCUT2D eigenvalue weighted by molar-refractivity contribution is 6.28. The summed E-state index contributed by atoms with van der Waals surface area (Å²) in [4.78, 5) is 4.63. The molecule has 1 aromatic carbocycles. The summed E-state index contributed by atoms with van der Waals surface area (Å²) < 4.78 is 1.93. The highest BCUT2D eigenvalue weighted by Gasteiger charge is 2.21. The van der Waals surface area contributed by atoms with Crippen LogP contribution in [-0.2, 0) is 19.9 Å². The van der Waals surface area contributed by atoms with Gasteiger partial charge in [-0.2, -0.15) is 0 Å². The normalized spacial score (nSPS) is 16.1. The molecule has 0 unspecified atom stereocenters. The van der Waals surface area contributed by atoms with Crippen molar-refractivity contribution < 1.29 is 0 Å². The number of benzene rings is 1. The molecule has 1 heterocycles. The summed E-state index contributed by atoms with van der Waals surface area (Å²) in [6.07, 6.45) is 1.68. The molecule has 0 fully saturated rings. The molecule has 0 spiro atoms. The average Bonchev–Trinajstić information content (AvgIpc) is 2.93. The molecule has 96 valence electrons. The Hall–Kier alpha value is -2.23. The molecule has 0 N–H and O–H groups in total. The van der Waals surface area contributed by atoms with Gasteiger partial charge in [-0.1, -0.05) is 37.8 Å². The quantitative estimate of drug-likeness (QED) is 0.824. The molecule has 0 radical (unpaired) electrons. The van der Waals surface area contributed by atoms with Crippen LogP contribution in [0.5, 0.6) is 0 Å². The fourth-order valence-corrected chi connectivity index (χ4v) is 2.40. The van der Waals surface area contributed by atoms with Crippen LogP contribution in [0.2, 0.25) is 0 Å². The largest absolute Gasteiger partial charge is 0.299 e. The number of aryl methyl sites for hydroxylation is 1. The first kappa shape index (κ1) is 11.8. The van der Waals surface area contributed by atoms with Crippen molar-refractivity contribution in [3.63, 3.8) is 0 Å². The molecular formula is C15H16N4. The van der Waals surface area contributed by atoms with Crippen molar-refractivity contribution in [2.75, 3.05) is 0 Å². The van der Waals surface area contributed by atoms with Gasteiger partial charge in [-0.15, -0.1) is 10.2 Å². The first-order chi connectivity index (χ1) is 9.20. The molecule has 2 aromatic rings. The summed E-state index contributed by atoms with van der Waals surface area (Å²) in [6, 6.07) is 8.29. The standard InChI is InChI=1S/C15H16N4/c1-4-14-17-18-15(19(14)3)16-13-9-11-7-5-6-8-12(11)10(13)2/h5-8H,2,4,9H2,1,3H3. The predicted octanol–water partition coefficient (Wildman–Crippen LogP) is 2.72. The van der Waals surface area contributed by atoms with Crippen LogP contribution in [0, 0.1) is 0 Å². The second-order valence-electron chi connectivity index (χ2n) is 4.70. The van der Waals surface area contributed by atoms with Crippen LogP contribution in [0.25, 0.3) is 5.57 Å². The summed E-state index contributed by atoms with van der Waals surface area (Å²) in [5, 5.41) is 8.26. The zero-order valence-corrected chi connectivity index (χ0v) is 11.2. The van der Waals surface area contributed by atoms with Crippen LogP contribution >= 0.6 is 0 Å². The molecule has 0 bridgehead atoms. The molecule has 4 nitrogen and oxygen atoms in total. The number of hydrogen-bond donors (Lipinski definition) is 0. The molecule has 0 amide bonds. The van der Waals surface area contributed by atoms with Crippen molar-refractivity contribution in [3.05, 3.63) is 47.8 Å².